The molecule has 0 aliphatic carbocycles. The summed E-state index contributed by atoms with van der Waals surface area (Å²) >= 11 is 2.86. The Morgan fingerprint density at radius 1 is 1.33 bits per heavy atom. The summed E-state index contributed by atoms with van der Waals surface area (Å²) in [6.07, 6.45) is 1.83. The second-order valence-electron chi connectivity index (χ2n) is 3.94. The van der Waals surface area contributed by atoms with Crippen molar-refractivity contribution in [3.05, 3.63) is 33.8 Å². The minimum absolute atomic E-state index is 0.0733. The molecule has 1 aromatic carbocycles. The predicted molar refractivity (Wildman–Crippen MR) is 58.7 cm³/mol. The number of hydrogen-bond acceptors (Lipinski definition) is 1. The molecule has 1 heterocycles. The third-order valence-electron chi connectivity index (χ3n) is 2.73. The van der Waals surface area contributed by atoms with Crippen molar-refractivity contribution in [1.82, 2.24) is 5.32 Å². The lowest BCUT2D eigenvalue weighted by Crippen LogP contribution is -2.11. The first-order valence-corrected chi connectivity index (χ1v) is 5.80. The Bertz CT molecular complexity index is 339. The van der Waals surface area contributed by atoms with Crippen LogP contribution in [0.1, 0.15) is 12.0 Å². The second kappa shape index (κ2) is 4.58. The standard InChI is InChI=1S/C11H12BrF2N/c12-11-9(13)4-8(5-10(11)14)3-7-1-2-15-6-7/h4-5,7,15H,1-3,6H2. The van der Waals surface area contributed by atoms with Gasteiger partial charge < -0.3 is 5.32 Å². The minimum atomic E-state index is -0.518. The lowest BCUT2D eigenvalue weighted by molar-refractivity contribution is 0.549. The van der Waals surface area contributed by atoms with Gasteiger partial charge in [0.25, 0.3) is 0 Å². The normalized spacial score (nSPS) is 20.9. The van der Waals surface area contributed by atoms with Gasteiger partial charge in [-0.05, 0) is 65.5 Å². The molecule has 15 heavy (non-hydrogen) atoms. The molecule has 82 valence electrons. The van der Waals surface area contributed by atoms with Crippen molar-refractivity contribution in [2.75, 3.05) is 13.1 Å². The van der Waals surface area contributed by atoms with E-state index in [9.17, 15) is 8.78 Å². The third-order valence-corrected chi connectivity index (χ3v) is 3.49. The van der Waals surface area contributed by atoms with E-state index >= 15 is 0 Å². The van der Waals surface area contributed by atoms with Crippen LogP contribution >= 0.6 is 15.9 Å². The van der Waals surface area contributed by atoms with Crippen molar-refractivity contribution in [3.8, 4) is 0 Å². The maximum atomic E-state index is 13.2. The van der Waals surface area contributed by atoms with Gasteiger partial charge in [-0.2, -0.15) is 0 Å². The van der Waals surface area contributed by atoms with Crippen molar-refractivity contribution >= 4 is 15.9 Å². The fraction of sp³-hybridized carbons (Fsp3) is 0.455. The predicted octanol–water partition coefficient (Wildman–Crippen LogP) is 2.88. The molecule has 1 aliphatic heterocycles. The van der Waals surface area contributed by atoms with Gasteiger partial charge in [-0.25, -0.2) is 8.78 Å². The molecule has 0 spiro atoms. The van der Waals surface area contributed by atoms with Crippen LogP contribution in [-0.4, -0.2) is 13.1 Å². The summed E-state index contributed by atoms with van der Waals surface area (Å²) in [4.78, 5) is 0. The van der Waals surface area contributed by atoms with E-state index in [0.717, 1.165) is 31.5 Å². The van der Waals surface area contributed by atoms with Crippen LogP contribution in [0.25, 0.3) is 0 Å². The molecule has 0 bridgehead atoms. The van der Waals surface area contributed by atoms with E-state index in [1.807, 2.05) is 0 Å². The number of nitrogens with one attached hydrogen (secondary N) is 1. The smallest absolute Gasteiger partial charge is 0.140 e. The summed E-state index contributed by atoms with van der Waals surface area (Å²) in [6, 6.07) is 2.82. The highest BCUT2D eigenvalue weighted by Crippen LogP contribution is 2.23. The first kappa shape index (κ1) is 11.0. The molecular weight excluding hydrogens is 264 g/mol. The van der Waals surface area contributed by atoms with Gasteiger partial charge >= 0.3 is 0 Å². The largest absolute Gasteiger partial charge is 0.316 e. The minimum Gasteiger partial charge on any atom is -0.316 e. The quantitative estimate of drug-likeness (QED) is 0.819. The fourth-order valence-corrected chi connectivity index (χ4v) is 2.18. The van der Waals surface area contributed by atoms with Crippen molar-refractivity contribution < 1.29 is 8.78 Å². The molecular formula is C11H12BrF2N. The molecule has 1 atom stereocenters. The van der Waals surface area contributed by atoms with Crippen LogP contribution in [0.2, 0.25) is 0 Å². The van der Waals surface area contributed by atoms with E-state index in [4.69, 9.17) is 0 Å². The van der Waals surface area contributed by atoms with Gasteiger partial charge in [0.2, 0.25) is 0 Å². The van der Waals surface area contributed by atoms with Crippen LogP contribution in [0.5, 0.6) is 0 Å². The zero-order chi connectivity index (χ0) is 10.8. The van der Waals surface area contributed by atoms with E-state index in [-0.39, 0.29) is 4.47 Å². The highest BCUT2D eigenvalue weighted by molar-refractivity contribution is 9.10. The summed E-state index contributed by atoms with van der Waals surface area (Å²) < 4.78 is 26.3. The number of hydrogen-bond donors (Lipinski definition) is 1. The second-order valence-corrected chi connectivity index (χ2v) is 4.73. The zero-order valence-electron chi connectivity index (χ0n) is 8.19. The Morgan fingerprint density at radius 3 is 2.53 bits per heavy atom. The molecule has 0 aromatic heterocycles. The maximum Gasteiger partial charge on any atom is 0.140 e. The summed E-state index contributed by atoms with van der Waals surface area (Å²) in [7, 11) is 0. The molecule has 1 saturated heterocycles. The molecule has 1 fully saturated rings. The van der Waals surface area contributed by atoms with Crippen molar-refractivity contribution in [2.24, 2.45) is 5.92 Å². The van der Waals surface area contributed by atoms with Gasteiger partial charge in [-0.3, -0.25) is 0 Å². The van der Waals surface area contributed by atoms with Crippen LogP contribution in [0.15, 0.2) is 16.6 Å². The summed E-state index contributed by atoms with van der Waals surface area (Å²) in [6.45, 7) is 1.95. The number of halogens is 3. The summed E-state index contributed by atoms with van der Waals surface area (Å²) in [5, 5.41) is 3.24. The van der Waals surface area contributed by atoms with Crippen molar-refractivity contribution in [2.45, 2.75) is 12.8 Å². The van der Waals surface area contributed by atoms with Gasteiger partial charge in [-0.15, -0.1) is 0 Å². The molecule has 4 heteroatoms. The average molecular weight is 276 g/mol. The molecule has 0 saturated carbocycles. The van der Waals surface area contributed by atoms with Gasteiger partial charge in [-0.1, -0.05) is 0 Å². The van der Waals surface area contributed by atoms with Crippen LogP contribution in [0.4, 0.5) is 8.78 Å². The first-order chi connectivity index (χ1) is 7.16. The van der Waals surface area contributed by atoms with Crippen LogP contribution < -0.4 is 5.32 Å². The lowest BCUT2D eigenvalue weighted by atomic mass is 9.98. The van der Waals surface area contributed by atoms with Crippen molar-refractivity contribution in [3.63, 3.8) is 0 Å². The van der Waals surface area contributed by atoms with Gasteiger partial charge in [0, 0.05) is 0 Å². The Labute approximate surface area is 96.0 Å². The molecule has 0 amide bonds. The van der Waals surface area contributed by atoms with Crippen molar-refractivity contribution in [1.29, 1.82) is 0 Å². The average Bonchev–Trinajstić information content (AvgIpc) is 2.66. The Balaban J connectivity index is 2.14. The van der Waals surface area contributed by atoms with E-state index in [1.165, 1.54) is 12.1 Å². The van der Waals surface area contributed by atoms with Gasteiger partial charge in [0.1, 0.15) is 11.6 Å². The molecule has 2 rings (SSSR count). The van der Waals surface area contributed by atoms with E-state index in [0.29, 0.717) is 5.92 Å². The number of benzene rings is 1. The Hall–Kier alpha value is -0.480. The molecule has 1 aromatic rings. The Kier molecular flexibility index (Phi) is 3.36. The summed E-state index contributed by atoms with van der Waals surface area (Å²) in [5.74, 6) is -0.531. The maximum absolute atomic E-state index is 13.2. The third kappa shape index (κ3) is 2.55. The lowest BCUT2D eigenvalue weighted by Gasteiger charge is -2.09. The monoisotopic (exact) mass is 275 g/mol. The first-order valence-electron chi connectivity index (χ1n) is 5.01. The van der Waals surface area contributed by atoms with Gasteiger partial charge in [0.15, 0.2) is 0 Å². The molecule has 0 radical (unpaired) electrons. The highest BCUT2D eigenvalue weighted by atomic mass is 79.9. The molecule has 1 unspecified atom stereocenters. The summed E-state index contributed by atoms with van der Waals surface area (Å²) in [5.41, 5.74) is 0.738. The molecule has 1 aliphatic rings. The van der Waals surface area contributed by atoms with E-state index in [1.54, 1.807) is 0 Å². The molecule has 1 nitrogen and oxygen atoms in total. The van der Waals surface area contributed by atoms with E-state index in [2.05, 4.69) is 21.2 Å². The highest BCUT2D eigenvalue weighted by Gasteiger charge is 2.16. The fourth-order valence-electron chi connectivity index (χ4n) is 1.95. The molecule has 1 N–H and O–H groups in total. The van der Waals surface area contributed by atoms with Crippen LogP contribution in [0, 0.1) is 17.6 Å². The number of rotatable bonds is 2. The van der Waals surface area contributed by atoms with Crippen LogP contribution in [-0.2, 0) is 6.42 Å². The SMILES string of the molecule is Fc1cc(CC2CCNC2)cc(F)c1Br. The van der Waals surface area contributed by atoms with E-state index < -0.39 is 11.6 Å². The topological polar surface area (TPSA) is 12.0 Å². The van der Waals surface area contributed by atoms with Crippen LogP contribution in [0.3, 0.4) is 0 Å². The van der Waals surface area contributed by atoms with Gasteiger partial charge in [0.05, 0.1) is 4.47 Å². The zero-order valence-corrected chi connectivity index (χ0v) is 9.78. The Morgan fingerprint density at radius 2 is 2.00 bits per heavy atom.